The third-order valence-corrected chi connectivity index (χ3v) is 5.99. The van der Waals surface area contributed by atoms with Crippen molar-refractivity contribution >= 4 is 40.9 Å². The zero-order valence-corrected chi connectivity index (χ0v) is 19.0. The molecule has 166 valence electrons. The number of thioether (sulfide) groups is 1. The van der Waals surface area contributed by atoms with E-state index in [0.29, 0.717) is 43.4 Å². The molecule has 1 aliphatic rings. The minimum atomic E-state index is -0.102. The van der Waals surface area contributed by atoms with E-state index < -0.39 is 0 Å². The summed E-state index contributed by atoms with van der Waals surface area (Å²) in [7, 11) is 0. The lowest BCUT2D eigenvalue weighted by Gasteiger charge is -2.27. The monoisotopic (exact) mass is 450 g/mol. The van der Waals surface area contributed by atoms with Crippen molar-refractivity contribution in [1.29, 1.82) is 0 Å². The first-order valence-electron chi connectivity index (χ1n) is 10.5. The number of anilines is 4. The molecule has 0 aliphatic carbocycles. The van der Waals surface area contributed by atoms with Crippen LogP contribution in [0.1, 0.15) is 11.1 Å². The van der Waals surface area contributed by atoms with Crippen molar-refractivity contribution in [3.05, 3.63) is 59.7 Å². The number of carbonyl (C=O) groups is 1. The van der Waals surface area contributed by atoms with E-state index >= 15 is 0 Å². The zero-order valence-electron chi connectivity index (χ0n) is 18.2. The molecule has 1 aliphatic heterocycles. The van der Waals surface area contributed by atoms with Gasteiger partial charge in [-0.1, -0.05) is 42.1 Å². The molecule has 8 nitrogen and oxygen atoms in total. The van der Waals surface area contributed by atoms with Crippen molar-refractivity contribution in [2.75, 3.05) is 47.6 Å². The van der Waals surface area contributed by atoms with Crippen LogP contribution in [0.15, 0.2) is 53.7 Å². The van der Waals surface area contributed by atoms with Crippen LogP contribution in [-0.2, 0) is 9.53 Å². The van der Waals surface area contributed by atoms with Gasteiger partial charge in [0.25, 0.3) is 0 Å². The normalized spacial score (nSPS) is 13.6. The second-order valence-corrected chi connectivity index (χ2v) is 8.36. The largest absolute Gasteiger partial charge is 0.378 e. The molecule has 0 spiro atoms. The molecule has 0 radical (unpaired) electrons. The molecule has 2 N–H and O–H groups in total. The van der Waals surface area contributed by atoms with Crippen molar-refractivity contribution in [3.8, 4) is 0 Å². The van der Waals surface area contributed by atoms with Crippen LogP contribution in [0.4, 0.5) is 23.3 Å². The quantitative estimate of drug-likeness (QED) is 0.525. The van der Waals surface area contributed by atoms with E-state index in [1.54, 1.807) is 0 Å². The number of benzene rings is 2. The Morgan fingerprint density at radius 2 is 1.81 bits per heavy atom. The highest BCUT2D eigenvalue weighted by Gasteiger charge is 2.18. The van der Waals surface area contributed by atoms with E-state index in [-0.39, 0.29) is 11.7 Å². The number of ether oxygens (including phenoxy) is 1. The summed E-state index contributed by atoms with van der Waals surface area (Å²) < 4.78 is 5.44. The maximum atomic E-state index is 12.6. The van der Waals surface area contributed by atoms with Gasteiger partial charge in [0.1, 0.15) is 0 Å². The second kappa shape index (κ2) is 10.4. The molecular weight excluding hydrogens is 424 g/mol. The molecule has 0 bridgehead atoms. The van der Waals surface area contributed by atoms with Crippen LogP contribution in [0.5, 0.6) is 0 Å². The minimum absolute atomic E-state index is 0.102. The van der Waals surface area contributed by atoms with Gasteiger partial charge in [-0.25, -0.2) is 0 Å². The summed E-state index contributed by atoms with van der Waals surface area (Å²) in [5, 5.41) is 6.71. The van der Waals surface area contributed by atoms with E-state index in [2.05, 4.69) is 30.5 Å². The summed E-state index contributed by atoms with van der Waals surface area (Å²) in [6, 6.07) is 15.6. The van der Waals surface area contributed by atoms with Crippen LogP contribution in [-0.4, -0.2) is 52.9 Å². The number of aromatic nitrogens is 3. The van der Waals surface area contributed by atoms with Gasteiger partial charge in [-0.3, -0.25) is 4.79 Å². The smallest absolute Gasteiger partial charge is 0.234 e. The molecule has 1 aromatic heterocycles. The van der Waals surface area contributed by atoms with Crippen LogP contribution in [0.2, 0.25) is 0 Å². The highest BCUT2D eigenvalue weighted by Crippen LogP contribution is 2.23. The molecule has 1 fully saturated rings. The lowest BCUT2D eigenvalue weighted by molar-refractivity contribution is -0.113. The van der Waals surface area contributed by atoms with E-state index in [9.17, 15) is 4.79 Å². The van der Waals surface area contributed by atoms with Crippen LogP contribution in [0, 0.1) is 13.8 Å². The summed E-state index contributed by atoms with van der Waals surface area (Å²) in [6.07, 6.45) is 0. The van der Waals surface area contributed by atoms with Crippen LogP contribution in [0.3, 0.4) is 0 Å². The summed E-state index contributed by atoms with van der Waals surface area (Å²) in [4.78, 5) is 28.4. The Morgan fingerprint density at radius 1 is 1.03 bits per heavy atom. The molecular formula is C23H26N6O2S. The van der Waals surface area contributed by atoms with Crippen molar-refractivity contribution < 1.29 is 9.53 Å². The molecule has 3 aromatic rings. The van der Waals surface area contributed by atoms with Gasteiger partial charge in [-0.05, 0) is 43.2 Å². The lowest BCUT2D eigenvalue weighted by atomic mass is 10.1. The van der Waals surface area contributed by atoms with Gasteiger partial charge >= 0.3 is 0 Å². The van der Waals surface area contributed by atoms with Gasteiger partial charge in [-0.15, -0.1) is 0 Å². The fraction of sp³-hybridized carbons (Fsp3) is 0.304. The van der Waals surface area contributed by atoms with Crippen molar-refractivity contribution in [2.45, 2.75) is 19.0 Å². The number of nitrogens with zero attached hydrogens (tertiary/aromatic N) is 4. The summed E-state index contributed by atoms with van der Waals surface area (Å²) >= 11 is 1.29. The Kier molecular flexibility index (Phi) is 7.18. The minimum Gasteiger partial charge on any atom is -0.378 e. The average Bonchev–Trinajstić information content (AvgIpc) is 2.82. The second-order valence-electron chi connectivity index (χ2n) is 7.42. The van der Waals surface area contributed by atoms with Gasteiger partial charge in [0.05, 0.1) is 19.0 Å². The maximum Gasteiger partial charge on any atom is 0.234 e. The number of carbonyl (C=O) groups excluding carboxylic acids is 1. The molecule has 9 heteroatoms. The third-order valence-electron chi connectivity index (χ3n) is 5.14. The van der Waals surface area contributed by atoms with Crippen LogP contribution in [0.25, 0.3) is 0 Å². The standard InChI is InChI=1S/C23H26N6O2S/c1-16-7-6-10-19(17(16)2)25-20(30)15-32-23-27-21(24-18-8-4-3-5-9-18)26-22(28-23)29-11-13-31-14-12-29/h3-10H,11-15H2,1-2H3,(H,25,30)(H,24,26,27,28). The summed E-state index contributed by atoms with van der Waals surface area (Å²) in [5.41, 5.74) is 3.91. The average molecular weight is 451 g/mol. The SMILES string of the molecule is Cc1cccc(NC(=O)CSc2nc(Nc3ccccc3)nc(N3CCOCC3)n2)c1C. The molecule has 0 saturated carbocycles. The number of aryl methyl sites for hydroxylation is 1. The number of amides is 1. The van der Waals surface area contributed by atoms with Crippen LogP contribution >= 0.6 is 11.8 Å². The number of rotatable bonds is 7. The predicted octanol–water partition coefficient (Wildman–Crippen LogP) is 3.80. The van der Waals surface area contributed by atoms with Gasteiger partial charge < -0.3 is 20.3 Å². The molecule has 2 heterocycles. The Morgan fingerprint density at radius 3 is 2.59 bits per heavy atom. The van der Waals surface area contributed by atoms with Crippen molar-refractivity contribution in [3.63, 3.8) is 0 Å². The first kappa shape index (κ1) is 22.0. The first-order chi connectivity index (χ1) is 15.6. The fourth-order valence-corrected chi connectivity index (χ4v) is 3.85. The number of morpholine rings is 1. The predicted molar refractivity (Wildman–Crippen MR) is 128 cm³/mol. The lowest BCUT2D eigenvalue weighted by Crippen LogP contribution is -2.37. The molecule has 2 aromatic carbocycles. The summed E-state index contributed by atoms with van der Waals surface area (Å²) in [6.45, 7) is 6.72. The molecule has 1 saturated heterocycles. The Bertz CT molecular complexity index is 1070. The number of para-hydroxylation sites is 1. The molecule has 0 atom stereocenters. The maximum absolute atomic E-state index is 12.6. The van der Waals surface area contributed by atoms with Gasteiger partial charge in [0.15, 0.2) is 5.16 Å². The Labute approximate surface area is 191 Å². The Hall–Kier alpha value is -3.17. The van der Waals surface area contributed by atoms with Gasteiger partial charge in [0.2, 0.25) is 17.8 Å². The number of hydrogen-bond donors (Lipinski definition) is 2. The van der Waals surface area contributed by atoms with Crippen molar-refractivity contribution in [1.82, 2.24) is 15.0 Å². The molecule has 0 unspecified atom stereocenters. The fourth-order valence-electron chi connectivity index (χ4n) is 3.22. The zero-order chi connectivity index (χ0) is 22.3. The van der Waals surface area contributed by atoms with E-state index in [1.807, 2.05) is 62.4 Å². The number of hydrogen-bond acceptors (Lipinski definition) is 8. The Balaban J connectivity index is 1.49. The van der Waals surface area contributed by atoms with E-state index in [0.717, 1.165) is 22.5 Å². The van der Waals surface area contributed by atoms with E-state index in [1.165, 1.54) is 11.8 Å². The van der Waals surface area contributed by atoms with Crippen LogP contribution < -0.4 is 15.5 Å². The number of nitrogens with one attached hydrogen (secondary N) is 2. The van der Waals surface area contributed by atoms with Gasteiger partial charge in [0, 0.05) is 24.5 Å². The van der Waals surface area contributed by atoms with Crippen molar-refractivity contribution in [2.24, 2.45) is 0 Å². The highest BCUT2D eigenvalue weighted by atomic mass is 32.2. The summed E-state index contributed by atoms with van der Waals surface area (Å²) in [5.74, 6) is 1.13. The highest BCUT2D eigenvalue weighted by molar-refractivity contribution is 7.99. The van der Waals surface area contributed by atoms with E-state index in [4.69, 9.17) is 4.74 Å². The first-order valence-corrected chi connectivity index (χ1v) is 11.5. The third kappa shape index (κ3) is 5.74. The topological polar surface area (TPSA) is 92.3 Å². The van der Waals surface area contributed by atoms with Gasteiger partial charge in [-0.2, -0.15) is 15.0 Å². The molecule has 32 heavy (non-hydrogen) atoms. The molecule has 1 amide bonds. The molecule has 4 rings (SSSR count).